The lowest BCUT2D eigenvalue weighted by Crippen LogP contribution is -2.59. The Hall–Kier alpha value is -3.68. The van der Waals surface area contributed by atoms with Crippen LogP contribution in [-0.4, -0.2) is 82.7 Å². The molecule has 56 heavy (non-hydrogen) atoms. The van der Waals surface area contributed by atoms with E-state index in [0.717, 1.165) is 18.4 Å². The number of halogens is 1. The molecule has 12 heteroatoms. The molecule has 2 bridgehead atoms. The van der Waals surface area contributed by atoms with Gasteiger partial charge in [0.25, 0.3) is 0 Å². The summed E-state index contributed by atoms with van der Waals surface area (Å²) >= 11 is 0. The van der Waals surface area contributed by atoms with Crippen molar-refractivity contribution in [2.75, 3.05) is 11.9 Å². The normalized spacial score (nSPS) is 39.1. The van der Waals surface area contributed by atoms with Gasteiger partial charge < -0.3 is 39.2 Å². The fraction of sp³-hybridized carbons (Fsp3) is 0.614. The van der Waals surface area contributed by atoms with Crippen molar-refractivity contribution in [2.24, 2.45) is 23.7 Å². The molecule has 3 saturated heterocycles. The number of aliphatic hydroxyl groups excluding tert-OH is 1. The fourth-order valence-electron chi connectivity index (χ4n) is 8.86. The molecule has 4 heterocycles. The summed E-state index contributed by atoms with van der Waals surface area (Å²) in [6.07, 6.45) is 8.19. The predicted molar refractivity (Wildman–Crippen MR) is 206 cm³/mol. The van der Waals surface area contributed by atoms with Crippen LogP contribution < -0.4 is 5.32 Å². The van der Waals surface area contributed by atoms with Crippen LogP contribution in [-0.2, 0) is 38.1 Å². The number of anilines is 1. The maximum absolute atomic E-state index is 14.4. The van der Waals surface area contributed by atoms with Crippen molar-refractivity contribution in [1.29, 1.82) is 0 Å². The van der Waals surface area contributed by atoms with Gasteiger partial charge in [-0.15, -0.1) is 0 Å². The number of ether oxygens (including phenoxy) is 5. The van der Waals surface area contributed by atoms with Gasteiger partial charge in [0, 0.05) is 37.3 Å². The molecular formula is C44H58FNO10. The number of carbonyl (C=O) groups is 3. The van der Waals surface area contributed by atoms with Gasteiger partial charge in [-0.2, -0.15) is 0 Å². The lowest BCUT2D eigenvalue weighted by molar-refractivity contribution is -0.340. The van der Waals surface area contributed by atoms with Gasteiger partial charge in [0.05, 0.1) is 31.3 Å². The van der Waals surface area contributed by atoms with Crippen molar-refractivity contribution in [3.8, 4) is 0 Å². The first kappa shape index (κ1) is 41.9. The van der Waals surface area contributed by atoms with E-state index < -0.39 is 65.4 Å². The average molecular weight is 780 g/mol. The number of aliphatic hydroxyl groups is 2. The van der Waals surface area contributed by atoms with Gasteiger partial charge in [-0.3, -0.25) is 14.4 Å². The van der Waals surface area contributed by atoms with Gasteiger partial charge >= 0.3 is 11.9 Å². The van der Waals surface area contributed by atoms with Crippen LogP contribution in [0.2, 0.25) is 0 Å². The predicted octanol–water partition coefficient (Wildman–Crippen LogP) is 6.64. The Kier molecular flexibility index (Phi) is 13.1. The second-order valence-electron chi connectivity index (χ2n) is 16.6. The molecule has 1 aromatic carbocycles. The van der Waals surface area contributed by atoms with Crippen LogP contribution >= 0.6 is 0 Å². The van der Waals surface area contributed by atoms with Crippen molar-refractivity contribution in [1.82, 2.24) is 0 Å². The molecular weight excluding hydrogens is 721 g/mol. The van der Waals surface area contributed by atoms with Crippen molar-refractivity contribution < 1.29 is 52.7 Å². The first-order valence-corrected chi connectivity index (χ1v) is 20.2. The first-order chi connectivity index (χ1) is 26.6. The minimum Gasteiger partial charge on any atom is -0.462 e. The van der Waals surface area contributed by atoms with Gasteiger partial charge in [-0.05, 0) is 79.5 Å². The highest BCUT2D eigenvalue weighted by molar-refractivity contribution is 5.92. The molecule has 3 N–H and O–H groups in total. The number of rotatable bonds is 7. The van der Waals surface area contributed by atoms with Crippen LogP contribution in [0, 0.1) is 29.5 Å². The van der Waals surface area contributed by atoms with E-state index in [4.69, 9.17) is 23.7 Å². The maximum atomic E-state index is 14.4. The van der Waals surface area contributed by atoms with Crippen LogP contribution in [0.15, 0.2) is 71.4 Å². The zero-order valence-electron chi connectivity index (χ0n) is 33.4. The van der Waals surface area contributed by atoms with Crippen LogP contribution in [0.3, 0.4) is 0 Å². The number of allylic oxidation sites excluding steroid dienone is 2. The van der Waals surface area contributed by atoms with E-state index in [1.807, 2.05) is 26.0 Å². The summed E-state index contributed by atoms with van der Waals surface area (Å²) in [5.74, 6) is -4.00. The molecule has 12 atom stereocenters. The van der Waals surface area contributed by atoms with Crippen molar-refractivity contribution in [2.45, 2.75) is 141 Å². The maximum Gasteiger partial charge on any atom is 0.316 e. The summed E-state index contributed by atoms with van der Waals surface area (Å²) in [5.41, 5.74) is 0.134. The highest BCUT2D eigenvalue weighted by Gasteiger charge is 2.61. The Morgan fingerprint density at radius 3 is 2.57 bits per heavy atom. The summed E-state index contributed by atoms with van der Waals surface area (Å²) in [6.45, 7) is 12.0. The minimum absolute atomic E-state index is 0.0222. The quantitative estimate of drug-likeness (QED) is 0.203. The number of carbonyl (C=O) groups excluding carboxylic acids is 3. The zero-order chi connectivity index (χ0) is 40.4. The topological polar surface area (TPSA) is 150 Å². The van der Waals surface area contributed by atoms with E-state index in [1.54, 1.807) is 25.2 Å². The molecule has 0 saturated carbocycles. The molecule has 1 aromatic rings. The van der Waals surface area contributed by atoms with E-state index in [1.165, 1.54) is 24.3 Å². The smallest absolute Gasteiger partial charge is 0.316 e. The highest BCUT2D eigenvalue weighted by Crippen LogP contribution is 2.48. The number of hydrogen-bond donors (Lipinski definition) is 3. The molecule has 4 aliphatic heterocycles. The summed E-state index contributed by atoms with van der Waals surface area (Å²) in [7, 11) is 0. The molecule has 1 aliphatic carbocycles. The molecule has 1 spiro atoms. The summed E-state index contributed by atoms with van der Waals surface area (Å²) in [4.78, 5) is 40.2. The van der Waals surface area contributed by atoms with Crippen LogP contribution in [0.25, 0.3) is 0 Å². The molecule has 6 rings (SSSR count). The number of fused-ring (bicyclic) bond motifs is 2. The molecule has 5 aliphatic rings. The summed E-state index contributed by atoms with van der Waals surface area (Å²) in [5, 5.41) is 26.6. The Morgan fingerprint density at radius 2 is 1.84 bits per heavy atom. The van der Waals surface area contributed by atoms with E-state index in [-0.39, 0.29) is 37.6 Å². The zero-order valence-corrected chi connectivity index (χ0v) is 33.4. The average Bonchev–Trinajstić information content (AvgIpc) is 3.51. The molecule has 306 valence electrons. The lowest BCUT2D eigenvalue weighted by Gasteiger charge is -2.51. The van der Waals surface area contributed by atoms with Gasteiger partial charge in [-0.1, -0.05) is 64.5 Å². The van der Waals surface area contributed by atoms with Gasteiger partial charge in [0.2, 0.25) is 5.91 Å². The van der Waals surface area contributed by atoms with Gasteiger partial charge in [-0.25, -0.2) is 4.39 Å². The Morgan fingerprint density at radius 1 is 1.09 bits per heavy atom. The Bertz CT molecular complexity index is 1730. The van der Waals surface area contributed by atoms with Crippen molar-refractivity contribution in [3.63, 3.8) is 0 Å². The minimum atomic E-state index is -1.94. The van der Waals surface area contributed by atoms with Crippen LogP contribution in [0.4, 0.5) is 10.1 Å². The van der Waals surface area contributed by atoms with E-state index in [9.17, 15) is 29.0 Å². The Labute approximate surface area is 329 Å². The third kappa shape index (κ3) is 9.05. The summed E-state index contributed by atoms with van der Waals surface area (Å²) in [6, 6.07) is 5.28. The monoisotopic (exact) mass is 779 g/mol. The van der Waals surface area contributed by atoms with Crippen molar-refractivity contribution >= 4 is 23.5 Å². The van der Waals surface area contributed by atoms with Crippen LogP contribution in [0.1, 0.15) is 92.9 Å². The molecule has 0 unspecified atom stereocenters. The molecule has 1 amide bonds. The standard InChI is InChI=1S/C44H58FNO10/c1-7-25(2)39-28(5)19-20-43(56-39)23-34-22-33(55-43)16-11-27(4)38(49)26(3)9-8-10-30-24-52-41-40(29(6)21-35(42(50)53-34)44(30,41)51)54-37(48)18-17-36(47)46-32-14-12-31(45)13-15-32/h8-15,21,25-26,28,33-35,38-41,49,51H,7,16-20,22-24H2,1-6H3,(H,46,47)/b9-8+,27-11+,30-10+/t25-,26-,28-,33+,34-,35-,38-,39+,40+,41+,43+,44+/m0/s1. The third-order valence-corrected chi connectivity index (χ3v) is 12.4. The number of amides is 1. The highest BCUT2D eigenvalue weighted by atomic mass is 19.1. The fourth-order valence-corrected chi connectivity index (χ4v) is 8.86. The number of benzene rings is 1. The van der Waals surface area contributed by atoms with Gasteiger partial charge in [0.1, 0.15) is 29.5 Å². The summed E-state index contributed by atoms with van der Waals surface area (Å²) < 4.78 is 45.3. The van der Waals surface area contributed by atoms with Crippen LogP contribution in [0.5, 0.6) is 0 Å². The lowest BCUT2D eigenvalue weighted by atomic mass is 9.70. The second kappa shape index (κ2) is 17.4. The molecule has 3 fully saturated rings. The number of nitrogens with one attached hydrogen (secondary N) is 1. The number of esters is 2. The SMILES string of the molecule is CC[C@H](C)[C@H]1O[C@]2(CC[C@@H]1C)C[C@@H]1C[C@@H](C/C=C(\C)[C@@H](O)[C@@H](C)/C=C/C=C3\CO[C@@H]4[C@H](OC(=O)CCC(=O)Nc5ccc(F)cc5)C(C)=C[C@@H](C(=O)O1)[C@]34O)O2. The number of hydrogen-bond acceptors (Lipinski definition) is 10. The second-order valence-corrected chi connectivity index (χ2v) is 16.6. The van der Waals surface area contributed by atoms with Crippen molar-refractivity contribution in [3.05, 3.63) is 77.2 Å². The largest absolute Gasteiger partial charge is 0.462 e. The molecule has 11 nitrogen and oxygen atoms in total. The van der Waals surface area contributed by atoms with E-state index >= 15 is 0 Å². The third-order valence-electron chi connectivity index (χ3n) is 12.4. The van der Waals surface area contributed by atoms with E-state index in [2.05, 4.69) is 26.1 Å². The first-order valence-electron chi connectivity index (χ1n) is 20.2. The van der Waals surface area contributed by atoms with Gasteiger partial charge in [0.15, 0.2) is 11.9 Å². The molecule has 0 radical (unpaired) electrons. The van der Waals surface area contributed by atoms with E-state index in [0.29, 0.717) is 54.4 Å². The molecule has 0 aromatic heterocycles. The Balaban J connectivity index is 1.27.